The van der Waals surface area contributed by atoms with Crippen LogP contribution < -0.4 is 5.32 Å². The van der Waals surface area contributed by atoms with Crippen LogP contribution >= 0.6 is 0 Å². The minimum Gasteiger partial charge on any atom is -0.310 e. The van der Waals surface area contributed by atoms with Gasteiger partial charge in [0, 0.05) is 24.7 Å². The first-order valence-electron chi connectivity index (χ1n) is 7.42. The lowest BCUT2D eigenvalue weighted by Gasteiger charge is -2.23. The van der Waals surface area contributed by atoms with E-state index in [9.17, 15) is 4.39 Å². The Morgan fingerprint density at radius 2 is 1.79 bits per heavy atom. The molecule has 1 N–H and O–H groups in total. The molecule has 0 radical (unpaired) electrons. The molecule has 3 heteroatoms. The average Bonchev–Trinajstić information content (AvgIpc) is 2.65. The van der Waals surface area contributed by atoms with Crippen molar-refractivity contribution < 1.29 is 4.39 Å². The molecule has 0 saturated carbocycles. The van der Waals surface area contributed by atoms with Gasteiger partial charge in [0.15, 0.2) is 0 Å². The smallest absolute Gasteiger partial charge is 0.123 e. The van der Waals surface area contributed by atoms with Crippen molar-refractivity contribution in [2.24, 2.45) is 0 Å². The summed E-state index contributed by atoms with van der Waals surface area (Å²) in [6.07, 6.45) is 6.58. The topological polar surface area (TPSA) is 15.3 Å². The third kappa shape index (κ3) is 2.98. The van der Waals surface area contributed by atoms with Crippen molar-refractivity contribution >= 4 is 0 Å². The van der Waals surface area contributed by atoms with E-state index in [2.05, 4.69) is 17.3 Å². The van der Waals surface area contributed by atoms with Crippen molar-refractivity contribution in [1.82, 2.24) is 10.2 Å². The highest BCUT2D eigenvalue weighted by molar-refractivity contribution is 5.15. The lowest BCUT2D eigenvalue weighted by Crippen LogP contribution is -2.34. The molecule has 3 rings (SSSR count). The summed E-state index contributed by atoms with van der Waals surface area (Å²) in [4.78, 5) is 2.58. The van der Waals surface area contributed by atoms with Crippen LogP contribution in [0.2, 0.25) is 0 Å². The Labute approximate surface area is 115 Å². The fraction of sp³-hybridized carbons (Fsp3) is 0.625. The predicted molar refractivity (Wildman–Crippen MR) is 75.5 cm³/mol. The Balaban J connectivity index is 1.54. The first-order valence-corrected chi connectivity index (χ1v) is 7.42. The maximum Gasteiger partial charge on any atom is 0.123 e. The second-order valence-corrected chi connectivity index (χ2v) is 6.07. The molecule has 0 aromatic heterocycles. The molecule has 2 fully saturated rings. The van der Waals surface area contributed by atoms with E-state index in [0.29, 0.717) is 6.04 Å². The molecule has 3 unspecified atom stereocenters. The summed E-state index contributed by atoms with van der Waals surface area (Å²) in [5.41, 5.74) is 1.17. The quantitative estimate of drug-likeness (QED) is 0.901. The molecule has 0 aliphatic carbocycles. The molecule has 3 atom stereocenters. The van der Waals surface area contributed by atoms with Crippen molar-refractivity contribution in [2.75, 3.05) is 7.05 Å². The lowest BCUT2D eigenvalue weighted by molar-refractivity contribution is 0.240. The molecule has 1 aromatic rings. The molecule has 104 valence electrons. The van der Waals surface area contributed by atoms with Crippen LogP contribution in [0.1, 0.15) is 37.7 Å². The van der Waals surface area contributed by atoms with Crippen molar-refractivity contribution in [2.45, 2.75) is 56.8 Å². The minimum atomic E-state index is -0.155. The van der Waals surface area contributed by atoms with E-state index in [1.54, 1.807) is 12.1 Å². The summed E-state index contributed by atoms with van der Waals surface area (Å²) in [6, 6.07) is 9.01. The van der Waals surface area contributed by atoms with Crippen LogP contribution in [0, 0.1) is 5.82 Å². The number of halogens is 1. The number of hydrogen-bond donors (Lipinski definition) is 1. The Kier molecular flexibility index (Phi) is 3.85. The van der Waals surface area contributed by atoms with Gasteiger partial charge in [-0.2, -0.15) is 0 Å². The van der Waals surface area contributed by atoms with Crippen molar-refractivity contribution in [3.63, 3.8) is 0 Å². The van der Waals surface area contributed by atoms with Gasteiger partial charge in [0.05, 0.1) is 0 Å². The number of nitrogens with zero attached hydrogens (tertiary/aromatic N) is 1. The monoisotopic (exact) mass is 262 g/mol. The van der Waals surface area contributed by atoms with E-state index < -0.39 is 0 Å². The average molecular weight is 262 g/mol. The first kappa shape index (κ1) is 13.1. The standard InChI is InChI=1S/C16H23FN2/c1-19-15-7-6-14(10-16(19)9-8-15)18-11-12-2-4-13(17)5-3-12/h2-5,14-16,18H,6-11H2,1H3. The third-order valence-corrected chi connectivity index (χ3v) is 4.90. The summed E-state index contributed by atoms with van der Waals surface area (Å²) in [7, 11) is 2.28. The molecule has 0 amide bonds. The lowest BCUT2D eigenvalue weighted by atomic mass is 9.96. The molecular weight excluding hydrogens is 239 g/mol. The van der Waals surface area contributed by atoms with Gasteiger partial charge in [-0.15, -0.1) is 0 Å². The van der Waals surface area contributed by atoms with Crippen LogP contribution in [-0.2, 0) is 6.54 Å². The zero-order valence-electron chi connectivity index (χ0n) is 11.6. The van der Waals surface area contributed by atoms with Crippen molar-refractivity contribution in [3.8, 4) is 0 Å². The molecule has 2 heterocycles. The third-order valence-electron chi connectivity index (χ3n) is 4.90. The molecular formula is C16H23FN2. The van der Waals surface area contributed by atoms with Gasteiger partial charge in [-0.3, -0.25) is 0 Å². The Morgan fingerprint density at radius 1 is 1.11 bits per heavy atom. The second-order valence-electron chi connectivity index (χ2n) is 6.07. The summed E-state index contributed by atoms with van der Waals surface area (Å²) >= 11 is 0. The highest BCUT2D eigenvalue weighted by Gasteiger charge is 2.35. The minimum absolute atomic E-state index is 0.155. The highest BCUT2D eigenvalue weighted by Crippen LogP contribution is 2.32. The molecule has 2 aliphatic heterocycles. The summed E-state index contributed by atoms with van der Waals surface area (Å²) in [5, 5.41) is 3.65. The van der Waals surface area contributed by atoms with Crippen LogP contribution in [0.4, 0.5) is 4.39 Å². The normalized spacial score (nSPS) is 31.4. The van der Waals surface area contributed by atoms with Gasteiger partial charge in [-0.1, -0.05) is 12.1 Å². The maximum absolute atomic E-state index is 12.9. The number of hydrogen-bond acceptors (Lipinski definition) is 2. The van der Waals surface area contributed by atoms with E-state index in [-0.39, 0.29) is 5.82 Å². The molecule has 1 aromatic carbocycles. The summed E-state index contributed by atoms with van der Waals surface area (Å²) < 4.78 is 12.9. The second kappa shape index (κ2) is 5.59. The Hall–Kier alpha value is -0.930. The van der Waals surface area contributed by atoms with Crippen LogP contribution in [0.3, 0.4) is 0 Å². The highest BCUT2D eigenvalue weighted by atomic mass is 19.1. The Bertz CT molecular complexity index is 417. The fourth-order valence-electron chi connectivity index (χ4n) is 3.61. The van der Waals surface area contributed by atoms with Crippen LogP contribution in [0.5, 0.6) is 0 Å². The predicted octanol–water partition coefficient (Wildman–Crippen LogP) is 2.93. The zero-order chi connectivity index (χ0) is 13.2. The molecule has 2 aliphatic rings. The van der Waals surface area contributed by atoms with Crippen molar-refractivity contribution in [3.05, 3.63) is 35.6 Å². The number of benzene rings is 1. The number of fused-ring (bicyclic) bond motifs is 2. The van der Waals surface area contributed by atoms with Gasteiger partial charge in [0.1, 0.15) is 5.82 Å². The van der Waals surface area contributed by atoms with E-state index in [0.717, 1.165) is 18.6 Å². The first-order chi connectivity index (χ1) is 9.22. The van der Waals surface area contributed by atoms with E-state index in [1.807, 2.05) is 12.1 Å². The SMILES string of the molecule is CN1C2CCC(NCc3ccc(F)cc3)CC1CC2. The van der Waals surface area contributed by atoms with Crippen LogP contribution in [0.25, 0.3) is 0 Å². The van der Waals surface area contributed by atoms with Gasteiger partial charge in [-0.25, -0.2) is 4.39 Å². The zero-order valence-corrected chi connectivity index (χ0v) is 11.6. The largest absolute Gasteiger partial charge is 0.310 e. The summed E-state index contributed by atoms with van der Waals surface area (Å²) in [6.45, 7) is 0.853. The molecule has 2 saturated heterocycles. The number of nitrogens with one attached hydrogen (secondary N) is 1. The van der Waals surface area contributed by atoms with Crippen LogP contribution in [-0.4, -0.2) is 30.1 Å². The maximum atomic E-state index is 12.9. The molecule has 0 spiro atoms. The van der Waals surface area contributed by atoms with E-state index in [1.165, 1.54) is 37.7 Å². The van der Waals surface area contributed by atoms with Gasteiger partial charge in [0.25, 0.3) is 0 Å². The van der Waals surface area contributed by atoms with E-state index >= 15 is 0 Å². The van der Waals surface area contributed by atoms with Crippen molar-refractivity contribution in [1.29, 1.82) is 0 Å². The van der Waals surface area contributed by atoms with Gasteiger partial charge < -0.3 is 10.2 Å². The molecule has 19 heavy (non-hydrogen) atoms. The summed E-state index contributed by atoms with van der Waals surface area (Å²) in [5.74, 6) is -0.155. The van der Waals surface area contributed by atoms with E-state index in [4.69, 9.17) is 0 Å². The fourth-order valence-corrected chi connectivity index (χ4v) is 3.61. The molecule has 2 bridgehead atoms. The van der Waals surface area contributed by atoms with Crippen LogP contribution in [0.15, 0.2) is 24.3 Å². The molecule has 2 nitrogen and oxygen atoms in total. The van der Waals surface area contributed by atoms with Gasteiger partial charge >= 0.3 is 0 Å². The van der Waals surface area contributed by atoms with Gasteiger partial charge in [0.2, 0.25) is 0 Å². The van der Waals surface area contributed by atoms with Gasteiger partial charge in [-0.05, 0) is 56.8 Å². The Morgan fingerprint density at radius 3 is 2.58 bits per heavy atom. The number of rotatable bonds is 3.